The van der Waals surface area contributed by atoms with Gasteiger partial charge in [-0.25, -0.2) is 0 Å². The zero-order valence-corrected chi connectivity index (χ0v) is 10.2. The van der Waals surface area contributed by atoms with Crippen molar-refractivity contribution < 1.29 is 14.3 Å². The molecule has 0 spiro atoms. The predicted octanol–water partition coefficient (Wildman–Crippen LogP) is 1.22. The second-order valence-corrected chi connectivity index (χ2v) is 4.28. The van der Waals surface area contributed by atoms with Gasteiger partial charge in [-0.3, -0.25) is 9.69 Å². The van der Waals surface area contributed by atoms with Crippen molar-refractivity contribution in [2.75, 3.05) is 33.4 Å². The Labute approximate surface area is 97.2 Å². The van der Waals surface area contributed by atoms with Gasteiger partial charge in [-0.1, -0.05) is 5.57 Å². The van der Waals surface area contributed by atoms with Gasteiger partial charge in [-0.2, -0.15) is 0 Å². The van der Waals surface area contributed by atoms with E-state index < -0.39 is 0 Å². The first-order chi connectivity index (χ1) is 7.61. The normalized spacial score (nSPS) is 21.8. The standard InChI is InChI=1S/C12H21NO3/c1-10(2)4-5-13-6-7-16-11(9-13)8-12(14)15-3/h11H,1,4-9H2,2-3H3/t11-/m0/s1. The summed E-state index contributed by atoms with van der Waals surface area (Å²) < 4.78 is 10.2. The Morgan fingerprint density at radius 3 is 3.00 bits per heavy atom. The summed E-state index contributed by atoms with van der Waals surface area (Å²) in [6, 6.07) is 0. The highest BCUT2D eigenvalue weighted by molar-refractivity contribution is 5.69. The fourth-order valence-corrected chi connectivity index (χ4v) is 1.73. The van der Waals surface area contributed by atoms with Gasteiger partial charge in [-0.15, -0.1) is 6.58 Å². The lowest BCUT2D eigenvalue weighted by Crippen LogP contribution is -2.43. The molecule has 1 heterocycles. The van der Waals surface area contributed by atoms with Gasteiger partial charge in [0.1, 0.15) is 0 Å². The molecule has 0 aromatic carbocycles. The van der Waals surface area contributed by atoms with Gasteiger partial charge < -0.3 is 9.47 Å². The van der Waals surface area contributed by atoms with Gasteiger partial charge in [0.05, 0.1) is 26.2 Å². The Bertz CT molecular complexity index is 253. The Kier molecular flexibility index (Phi) is 5.49. The molecule has 4 nitrogen and oxygen atoms in total. The van der Waals surface area contributed by atoms with E-state index in [0.29, 0.717) is 13.0 Å². The lowest BCUT2D eigenvalue weighted by Gasteiger charge is -2.32. The summed E-state index contributed by atoms with van der Waals surface area (Å²) in [5.74, 6) is -0.202. The van der Waals surface area contributed by atoms with E-state index in [9.17, 15) is 4.79 Å². The molecule has 1 rings (SSSR count). The number of carbonyl (C=O) groups excluding carboxylic acids is 1. The number of esters is 1. The number of morpholine rings is 1. The van der Waals surface area contributed by atoms with Crippen molar-refractivity contribution in [1.29, 1.82) is 0 Å². The van der Waals surface area contributed by atoms with E-state index >= 15 is 0 Å². The Morgan fingerprint density at radius 2 is 2.38 bits per heavy atom. The fraction of sp³-hybridized carbons (Fsp3) is 0.750. The summed E-state index contributed by atoms with van der Waals surface area (Å²) in [5, 5.41) is 0. The summed E-state index contributed by atoms with van der Waals surface area (Å²) in [5.41, 5.74) is 1.19. The van der Waals surface area contributed by atoms with E-state index in [1.165, 1.54) is 12.7 Å². The van der Waals surface area contributed by atoms with Crippen LogP contribution < -0.4 is 0 Å². The second-order valence-electron chi connectivity index (χ2n) is 4.28. The van der Waals surface area contributed by atoms with Crippen LogP contribution in [0.2, 0.25) is 0 Å². The zero-order chi connectivity index (χ0) is 12.0. The highest BCUT2D eigenvalue weighted by Gasteiger charge is 2.22. The molecule has 1 fully saturated rings. The van der Waals surface area contributed by atoms with Crippen molar-refractivity contribution in [1.82, 2.24) is 4.90 Å². The smallest absolute Gasteiger partial charge is 0.308 e. The van der Waals surface area contributed by atoms with Crippen molar-refractivity contribution in [2.24, 2.45) is 0 Å². The predicted molar refractivity (Wildman–Crippen MR) is 62.2 cm³/mol. The SMILES string of the molecule is C=C(C)CCN1CCO[C@@H](CC(=O)OC)C1. The maximum Gasteiger partial charge on any atom is 0.308 e. The molecule has 1 aliphatic heterocycles. The maximum absolute atomic E-state index is 11.1. The lowest BCUT2D eigenvalue weighted by atomic mass is 10.2. The third kappa shape index (κ3) is 4.77. The minimum absolute atomic E-state index is 0.0219. The van der Waals surface area contributed by atoms with Crippen LogP contribution in [0.15, 0.2) is 12.2 Å². The van der Waals surface area contributed by atoms with Crippen LogP contribution in [-0.2, 0) is 14.3 Å². The second kappa shape index (κ2) is 6.66. The quantitative estimate of drug-likeness (QED) is 0.523. The van der Waals surface area contributed by atoms with Crippen LogP contribution in [0.25, 0.3) is 0 Å². The Hall–Kier alpha value is -0.870. The van der Waals surface area contributed by atoms with Crippen molar-refractivity contribution >= 4 is 5.97 Å². The number of hydrogen-bond donors (Lipinski definition) is 0. The topological polar surface area (TPSA) is 38.8 Å². The van der Waals surface area contributed by atoms with E-state index in [2.05, 4.69) is 16.2 Å². The van der Waals surface area contributed by atoms with Gasteiger partial charge in [0.25, 0.3) is 0 Å². The summed E-state index contributed by atoms with van der Waals surface area (Å²) in [7, 11) is 1.41. The van der Waals surface area contributed by atoms with Gasteiger partial charge in [-0.05, 0) is 13.3 Å². The van der Waals surface area contributed by atoms with Crippen molar-refractivity contribution in [2.45, 2.75) is 25.9 Å². The van der Waals surface area contributed by atoms with Crippen LogP contribution in [0, 0.1) is 0 Å². The van der Waals surface area contributed by atoms with Crippen LogP contribution in [0.4, 0.5) is 0 Å². The minimum Gasteiger partial charge on any atom is -0.469 e. The van der Waals surface area contributed by atoms with Crippen LogP contribution in [0.1, 0.15) is 19.8 Å². The minimum atomic E-state index is -0.202. The molecule has 92 valence electrons. The van der Waals surface area contributed by atoms with Crippen LogP contribution >= 0.6 is 0 Å². The van der Waals surface area contributed by atoms with Crippen molar-refractivity contribution in [3.8, 4) is 0 Å². The first-order valence-corrected chi connectivity index (χ1v) is 5.67. The number of hydrogen-bond acceptors (Lipinski definition) is 4. The molecule has 0 bridgehead atoms. The number of ether oxygens (including phenoxy) is 2. The summed E-state index contributed by atoms with van der Waals surface area (Å²) in [6.07, 6.45) is 1.33. The molecule has 0 aromatic heterocycles. The van der Waals surface area contributed by atoms with Crippen LogP contribution in [0.3, 0.4) is 0 Å². The molecule has 1 saturated heterocycles. The third-order valence-electron chi connectivity index (χ3n) is 2.70. The molecule has 0 unspecified atom stereocenters. The Morgan fingerprint density at radius 1 is 1.62 bits per heavy atom. The average Bonchev–Trinajstić information content (AvgIpc) is 2.26. The number of methoxy groups -OCH3 is 1. The van der Waals surface area contributed by atoms with E-state index in [-0.39, 0.29) is 12.1 Å². The molecular formula is C12H21NO3. The molecule has 1 aliphatic rings. The van der Waals surface area contributed by atoms with Crippen molar-refractivity contribution in [3.05, 3.63) is 12.2 Å². The largest absolute Gasteiger partial charge is 0.469 e. The van der Waals surface area contributed by atoms with E-state index in [4.69, 9.17) is 4.74 Å². The first kappa shape index (κ1) is 13.2. The van der Waals surface area contributed by atoms with Crippen molar-refractivity contribution in [3.63, 3.8) is 0 Å². The molecule has 0 N–H and O–H groups in total. The highest BCUT2D eigenvalue weighted by atomic mass is 16.5. The summed E-state index contributed by atoms with van der Waals surface area (Å²) in [4.78, 5) is 13.4. The first-order valence-electron chi connectivity index (χ1n) is 5.67. The van der Waals surface area contributed by atoms with Gasteiger partial charge >= 0.3 is 5.97 Å². The van der Waals surface area contributed by atoms with Crippen LogP contribution in [0.5, 0.6) is 0 Å². The number of carbonyl (C=O) groups is 1. The Balaban J connectivity index is 2.29. The molecule has 0 amide bonds. The number of rotatable bonds is 5. The molecule has 16 heavy (non-hydrogen) atoms. The molecule has 0 saturated carbocycles. The van der Waals surface area contributed by atoms with Crippen LogP contribution in [-0.4, -0.2) is 50.3 Å². The molecule has 0 aliphatic carbocycles. The highest BCUT2D eigenvalue weighted by Crippen LogP contribution is 2.10. The monoisotopic (exact) mass is 227 g/mol. The summed E-state index contributed by atoms with van der Waals surface area (Å²) >= 11 is 0. The van der Waals surface area contributed by atoms with Gasteiger partial charge in [0.15, 0.2) is 0 Å². The zero-order valence-electron chi connectivity index (χ0n) is 10.2. The number of nitrogens with zero attached hydrogens (tertiary/aromatic N) is 1. The third-order valence-corrected chi connectivity index (χ3v) is 2.70. The molecule has 0 radical (unpaired) electrons. The van der Waals surface area contributed by atoms with E-state index in [1.54, 1.807) is 0 Å². The molecule has 4 heteroatoms. The van der Waals surface area contributed by atoms with Gasteiger partial charge in [0, 0.05) is 19.6 Å². The van der Waals surface area contributed by atoms with E-state index in [0.717, 1.165) is 26.1 Å². The summed E-state index contributed by atoms with van der Waals surface area (Å²) in [6.45, 7) is 9.35. The fourth-order valence-electron chi connectivity index (χ4n) is 1.73. The van der Waals surface area contributed by atoms with Gasteiger partial charge in [0.2, 0.25) is 0 Å². The molecule has 1 atom stereocenters. The van der Waals surface area contributed by atoms with E-state index in [1.807, 2.05) is 6.92 Å². The molecular weight excluding hydrogens is 206 g/mol. The molecule has 0 aromatic rings. The lowest BCUT2D eigenvalue weighted by molar-refractivity contribution is -0.145. The average molecular weight is 227 g/mol. The maximum atomic E-state index is 11.1.